The first-order chi connectivity index (χ1) is 16.9. The maximum absolute atomic E-state index is 13.0. The van der Waals surface area contributed by atoms with E-state index in [0.717, 1.165) is 63.5 Å². The van der Waals surface area contributed by atoms with Crippen LogP contribution >= 0.6 is 0 Å². The molecule has 190 valence electrons. The summed E-state index contributed by atoms with van der Waals surface area (Å²) >= 11 is 0. The fraction of sp³-hybridized carbons (Fsp3) is 0.552. The molecule has 0 unspecified atom stereocenters. The number of benzene rings is 2. The zero-order valence-electron chi connectivity index (χ0n) is 21.7. The number of methoxy groups -OCH3 is 2. The lowest BCUT2D eigenvalue weighted by Gasteiger charge is -2.39. The Morgan fingerprint density at radius 1 is 0.943 bits per heavy atom. The summed E-state index contributed by atoms with van der Waals surface area (Å²) in [6.07, 6.45) is 3.76. The fourth-order valence-electron chi connectivity index (χ4n) is 5.35. The number of para-hydroxylation sites is 1. The van der Waals surface area contributed by atoms with Crippen LogP contribution in [0.15, 0.2) is 42.5 Å². The van der Waals surface area contributed by atoms with Gasteiger partial charge >= 0.3 is 0 Å². The molecule has 0 aliphatic carbocycles. The minimum atomic E-state index is 0.193. The molecule has 0 atom stereocenters. The SMILES string of the molecule is COc1ccc(CC(=O)N2CCC3(CCN(Cc4ccccc4OCC(C)C)C3)CC2)cc1OC. The Hall–Kier alpha value is -2.73. The van der Waals surface area contributed by atoms with Gasteiger partial charge in [-0.05, 0) is 60.9 Å². The molecule has 4 rings (SSSR count). The van der Waals surface area contributed by atoms with Crippen LogP contribution in [0.5, 0.6) is 17.2 Å². The maximum atomic E-state index is 13.0. The van der Waals surface area contributed by atoms with Crippen molar-refractivity contribution in [2.45, 2.75) is 46.1 Å². The minimum Gasteiger partial charge on any atom is -0.493 e. The van der Waals surface area contributed by atoms with Gasteiger partial charge in [-0.15, -0.1) is 0 Å². The summed E-state index contributed by atoms with van der Waals surface area (Å²) in [6.45, 7) is 9.92. The molecule has 0 aromatic heterocycles. The van der Waals surface area contributed by atoms with E-state index < -0.39 is 0 Å². The van der Waals surface area contributed by atoms with E-state index in [1.165, 1.54) is 12.0 Å². The van der Waals surface area contributed by atoms with Gasteiger partial charge in [-0.25, -0.2) is 0 Å². The number of hydrogen-bond acceptors (Lipinski definition) is 5. The van der Waals surface area contributed by atoms with E-state index in [9.17, 15) is 4.79 Å². The Morgan fingerprint density at radius 2 is 1.66 bits per heavy atom. The van der Waals surface area contributed by atoms with Gasteiger partial charge < -0.3 is 19.1 Å². The third kappa shape index (κ3) is 6.29. The summed E-state index contributed by atoms with van der Waals surface area (Å²) in [5.41, 5.74) is 2.56. The molecule has 1 spiro atoms. The number of piperidine rings is 1. The number of carbonyl (C=O) groups excluding carboxylic acids is 1. The molecule has 6 heteroatoms. The molecule has 0 N–H and O–H groups in total. The van der Waals surface area contributed by atoms with Gasteiger partial charge in [0, 0.05) is 31.7 Å². The molecule has 2 aromatic rings. The highest BCUT2D eigenvalue weighted by molar-refractivity contribution is 5.79. The molecule has 0 bridgehead atoms. The number of rotatable bonds is 9. The largest absolute Gasteiger partial charge is 0.493 e. The summed E-state index contributed by atoms with van der Waals surface area (Å²) in [5.74, 6) is 3.06. The molecule has 2 heterocycles. The van der Waals surface area contributed by atoms with Crippen LogP contribution in [0.2, 0.25) is 0 Å². The number of likely N-dealkylation sites (tertiary alicyclic amines) is 2. The number of carbonyl (C=O) groups is 1. The second kappa shape index (κ2) is 11.3. The van der Waals surface area contributed by atoms with Crippen molar-refractivity contribution < 1.29 is 19.0 Å². The summed E-state index contributed by atoms with van der Waals surface area (Å²) in [4.78, 5) is 17.6. The first-order valence-electron chi connectivity index (χ1n) is 12.8. The number of amides is 1. The lowest BCUT2D eigenvalue weighted by molar-refractivity contribution is -0.132. The lowest BCUT2D eigenvalue weighted by atomic mass is 9.77. The standard InChI is InChI=1S/C29H40N2O4/c1-22(2)20-35-25-8-6-5-7-24(25)19-30-14-11-29(21-30)12-15-31(16-13-29)28(32)18-23-9-10-26(33-3)27(17-23)34-4/h5-10,17,22H,11-16,18-21H2,1-4H3. The molecule has 2 fully saturated rings. The van der Waals surface area contributed by atoms with Gasteiger partial charge in [0.15, 0.2) is 11.5 Å². The Balaban J connectivity index is 1.29. The average molecular weight is 481 g/mol. The van der Waals surface area contributed by atoms with E-state index in [1.807, 2.05) is 23.1 Å². The zero-order valence-corrected chi connectivity index (χ0v) is 21.7. The minimum absolute atomic E-state index is 0.193. The summed E-state index contributed by atoms with van der Waals surface area (Å²) in [7, 11) is 3.24. The predicted molar refractivity (Wildman–Crippen MR) is 138 cm³/mol. The van der Waals surface area contributed by atoms with Gasteiger partial charge in [-0.3, -0.25) is 9.69 Å². The van der Waals surface area contributed by atoms with Crippen molar-refractivity contribution in [1.29, 1.82) is 0 Å². The van der Waals surface area contributed by atoms with Crippen LogP contribution in [0.4, 0.5) is 0 Å². The second-order valence-electron chi connectivity index (χ2n) is 10.5. The third-order valence-corrected chi connectivity index (χ3v) is 7.44. The Labute approximate surface area is 210 Å². The van der Waals surface area contributed by atoms with Crippen molar-refractivity contribution in [2.24, 2.45) is 11.3 Å². The van der Waals surface area contributed by atoms with Gasteiger partial charge in [0.25, 0.3) is 0 Å². The predicted octanol–water partition coefficient (Wildman–Crippen LogP) is 4.80. The Morgan fingerprint density at radius 3 is 2.37 bits per heavy atom. The van der Waals surface area contributed by atoms with Crippen LogP contribution in [0.1, 0.15) is 44.2 Å². The fourth-order valence-corrected chi connectivity index (χ4v) is 5.35. The van der Waals surface area contributed by atoms with Crippen molar-refractivity contribution in [2.75, 3.05) is 47.0 Å². The topological polar surface area (TPSA) is 51.2 Å². The monoisotopic (exact) mass is 480 g/mol. The zero-order chi connectivity index (χ0) is 24.8. The van der Waals surface area contributed by atoms with E-state index >= 15 is 0 Å². The normalized spacial score (nSPS) is 17.7. The van der Waals surface area contributed by atoms with Crippen LogP contribution < -0.4 is 14.2 Å². The lowest BCUT2D eigenvalue weighted by Crippen LogP contribution is -2.44. The molecular weight excluding hydrogens is 440 g/mol. The van der Waals surface area contributed by atoms with E-state index in [2.05, 4.69) is 43.0 Å². The quantitative estimate of drug-likeness (QED) is 0.516. The molecule has 2 aromatic carbocycles. The summed E-state index contributed by atoms with van der Waals surface area (Å²) in [5, 5.41) is 0. The van der Waals surface area contributed by atoms with Gasteiger partial charge in [0.2, 0.25) is 5.91 Å². The van der Waals surface area contributed by atoms with Crippen LogP contribution in [-0.2, 0) is 17.8 Å². The van der Waals surface area contributed by atoms with Crippen LogP contribution in [0.3, 0.4) is 0 Å². The van der Waals surface area contributed by atoms with Crippen molar-refractivity contribution >= 4 is 5.91 Å². The maximum Gasteiger partial charge on any atom is 0.226 e. The number of ether oxygens (including phenoxy) is 3. The van der Waals surface area contributed by atoms with Crippen LogP contribution in [-0.4, -0.2) is 62.7 Å². The van der Waals surface area contributed by atoms with Crippen molar-refractivity contribution in [3.05, 3.63) is 53.6 Å². The molecular formula is C29H40N2O4. The van der Waals surface area contributed by atoms with Crippen molar-refractivity contribution in [3.63, 3.8) is 0 Å². The van der Waals surface area contributed by atoms with Crippen LogP contribution in [0, 0.1) is 11.3 Å². The first-order valence-corrected chi connectivity index (χ1v) is 12.8. The molecule has 1 amide bonds. The van der Waals surface area contributed by atoms with Gasteiger partial charge in [0.1, 0.15) is 5.75 Å². The van der Waals surface area contributed by atoms with E-state index in [0.29, 0.717) is 29.3 Å². The average Bonchev–Trinajstić information content (AvgIpc) is 3.25. The highest BCUT2D eigenvalue weighted by atomic mass is 16.5. The number of hydrogen-bond donors (Lipinski definition) is 0. The van der Waals surface area contributed by atoms with Gasteiger partial charge in [-0.2, -0.15) is 0 Å². The van der Waals surface area contributed by atoms with E-state index in [-0.39, 0.29) is 5.91 Å². The second-order valence-corrected chi connectivity index (χ2v) is 10.5. The van der Waals surface area contributed by atoms with Gasteiger partial charge in [0.05, 0.1) is 27.2 Å². The van der Waals surface area contributed by atoms with Crippen molar-refractivity contribution in [1.82, 2.24) is 9.80 Å². The molecule has 6 nitrogen and oxygen atoms in total. The molecule has 35 heavy (non-hydrogen) atoms. The Bertz CT molecular complexity index is 998. The summed E-state index contributed by atoms with van der Waals surface area (Å²) in [6, 6.07) is 14.2. The Kier molecular flexibility index (Phi) is 8.22. The summed E-state index contributed by atoms with van der Waals surface area (Å²) < 4.78 is 16.8. The van der Waals surface area contributed by atoms with Crippen LogP contribution in [0.25, 0.3) is 0 Å². The smallest absolute Gasteiger partial charge is 0.226 e. The van der Waals surface area contributed by atoms with Crippen molar-refractivity contribution in [3.8, 4) is 17.2 Å². The molecule has 0 saturated carbocycles. The van der Waals surface area contributed by atoms with E-state index in [1.54, 1.807) is 14.2 Å². The van der Waals surface area contributed by atoms with Gasteiger partial charge in [-0.1, -0.05) is 38.1 Å². The molecule has 0 radical (unpaired) electrons. The molecule has 2 aliphatic rings. The highest BCUT2D eigenvalue weighted by Gasteiger charge is 2.41. The highest BCUT2D eigenvalue weighted by Crippen LogP contribution is 2.41. The van der Waals surface area contributed by atoms with E-state index in [4.69, 9.17) is 14.2 Å². The first kappa shape index (κ1) is 25.4. The number of nitrogens with zero attached hydrogens (tertiary/aromatic N) is 2. The molecule has 2 saturated heterocycles. The third-order valence-electron chi connectivity index (χ3n) is 7.44. The molecule has 2 aliphatic heterocycles.